The molecule has 0 atom stereocenters. The third-order valence-electron chi connectivity index (χ3n) is 4.50. The van der Waals surface area contributed by atoms with Crippen molar-refractivity contribution in [2.24, 2.45) is 0 Å². The predicted molar refractivity (Wildman–Crippen MR) is 127 cm³/mol. The Labute approximate surface area is 192 Å². The van der Waals surface area contributed by atoms with Crippen molar-refractivity contribution in [2.75, 3.05) is 21.5 Å². The molecule has 0 spiro atoms. The number of carbonyl (C=O) groups is 2. The molecule has 2 N–H and O–H groups in total. The summed E-state index contributed by atoms with van der Waals surface area (Å²) in [7, 11) is -4.02. The average Bonchev–Trinajstić information content (AvgIpc) is 2.74. The van der Waals surface area contributed by atoms with Crippen molar-refractivity contribution in [3.8, 4) is 0 Å². The maximum absolute atomic E-state index is 13.3. The normalized spacial score (nSPS) is 11.0. The number of carbonyl (C=O) groups excluding carboxylic acids is 2. The van der Waals surface area contributed by atoms with E-state index < -0.39 is 22.5 Å². The van der Waals surface area contributed by atoms with Crippen molar-refractivity contribution in [3.63, 3.8) is 0 Å². The van der Waals surface area contributed by atoms with Gasteiger partial charge in [-0.1, -0.05) is 29.3 Å². The number of halogens is 1. The van der Waals surface area contributed by atoms with Crippen molar-refractivity contribution in [2.45, 2.75) is 18.7 Å². The minimum absolute atomic E-state index is 0.0231. The van der Waals surface area contributed by atoms with Crippen LogP contribution in [0.15, 0.2) is 77.7 Å². The number of anilines is 3. The van der Waals surface area contributed by atoms with Gasteiger partial charge in [-0.15, -0.1) is 0 Å². The highest BCUT2D eigenvalue weighted by atomic mass is 35.5. The smallest absolute Gasteiger partial charge is 0.264 e. The number of sulfonamides is 1. The quantitative estimate of drug-likeness (QED) is 0.532. The van der Waals surface area contributed by atoms with Gasteiger partial charge < -0.3 is 10.6 Å². The maximum atomic E-state index is 13.3. The van der Waals surface area contributed by atoms with Crippen LogP contribution < -0.4 is 14.9 Å². The molecule has 0 radical (unpaired) electrons. The summed E-state index contributed by atoms with van der Waals surface area (Å²) in [5.74, 6) is -0.724. The molecule has 3 rings (SSSR count). The highest BCUT2D eigenvalue weighted by molar-refractivity contribution is 7.92. The van der Waals surface area contributed by atoms with Crippen LogP contribution in [0.25, 0.3) is 0 Å². The van der Waals surface area contributed by atoms with Crippen molar-refractivity contribution in [1.29, 1.82) is 0 Å². The number of hydrogen-bond donors (Lipinski definition) is 2. The summed E-state index contributed by atoms with van der Waals surface area (Å²) in [6.45, 7) is 2.86. The van der Waals surface area contributed by atoms with Gasteiger partial charge in [0.25, 0.3) is 10.0 Å². The van der Waals surface area contributed by atoms with Crippen LogP contribution in [-0.2, 0) is 19.6 Å². The van der Waals surface area contributed by atoms with Gasteiger partial charge in [-0.2, -0.15) is 0 Å². The van der Waals surface area contributed by atoms with E-state index >= 15 is 0 Å². The summed E-state index contributed by atoms with van der Waals surface area (Å²) >= 11 is 5.89. The molecule has 0 bridgehead atoms. The van der Waals surface area contributed by atoms with Gasteiger partial charge in [0.2, 0.25) is 11.8 Å². The van der Waals surface area contributed by atoms with Gasteiger partial charge in [-0.3, -0.25) is 13.9 Å². The largest absolute Gasteiger partial charge is 0.326 e. The lowest BCUT2D eigenvalue weighted by atomic mass is 10.2. The summed E-state index contributed by atoms with van der Waals surface area (Å²) in [5.41, 5.74) is 2.38. The van der Waals surface area contributed by atoms with Crippen LogP contribution in [0, 0.1) is 6.92 Å². The first-order valence-electron chi connectivity index (χ1n) is 9.67. The standard InChI is InChI=1S/C23H22ClN3O4S/c1-16-3-11-21(12-4-16)27(32(30,31)22-13-5-18(24)6-14-22)15-23(29)26-20-9-7-19(8-10-20)25-17(2)28/h3-14H,15H2,1-2H3,(H,25,28)(H,26,29). The van der Waals surface area contributed by atoms with E-state index in [2.05, 4.69) is 10.6 Å². The molecule has 7 nitrogen and oxygen atoms in total. The van der Waals surface area contributed by atoms with Crippen LogP contribution in [0.5, 0.6) is 0 Å². The van der Waals surface area contributed by atoms with Crippen molar-refractivity contribution in [3.05, 3.63) is 83.4 Å². The molecular formula is C23H22ClN3O4S. The number of rotatable bonds is 7. The fourth-order valence-electron chi connectivity index (χ4n) is 2.93. The Bertz CT molecular complexity index is 1210. The highest BCUT2D eigenvalue weighted by Gasteiger charge is 2.27. The summed E-state index contributed by atoms with van der Waals surface area (Å²) < 4.78 is 27.7. The molecule has 0 aliphatic rings. The first kappa shape index (κ1) is 23.3. The highest BCUT2D eigenvalue weighted by Crippen LogP contribution is 2.25. The van der Waals surface area contributed by atoms with Crippen LogP contribution in [0.1, 0.15) is 12.5 Å². The van der Waals surface area contributed by atoms with Crippen molar-refractivity contribution >= 4 is 50.5 Å². The number of nitrogens with zero attached hydrogens (tertiary/aromatic N) is 1. The van der Waals surface area contributed by atoms with Crippen LogP contribution in [-0.4, -0.2) is 26.8 Å². The van der Waals surface area contributed by atoms with E-state index in [-0.39, 0.29) is 10.8 Å². The number of nitrogens with one attached hydrogen (secondary N) is 2. The Hall–Kier alpha value is -3.36. The van der Waals surface area contributed by atoms with E-state index in [1.54, 1.807) is 48.5 Å². The van der Waals surface area contributed by atoms with Crippen molar-refractivity contribution in [1.82, 2.24) is 0 Å². The molecular weight excluding hydrogens is 450 g/mol. The van der Waals surface area contributed by atoms with E-state index in [0.717, 1.165) is 9.87 Å². The molecule has 0 aliphatic carbocycles. The Morgan fingerprint density at radius 1 is 0.844 bits per heavy atom. The minimum atomic E-state index is -4.02. The summed E-state index contributed by atoms with van der Waals surface area (Å²) in [4.78, 5) is 23.9. The molecule has 3 aromatic carbocycles. The van der Waals surface area contributed by atoms with Gasteiger partial charge in [-0.05, 0) is 67.6 Å². The van der Waals surface area contributed by atoms with E-state index in [4.69, 9.17) is 11.6 Å². The van der Waals surface area contributed by atoms with Crippen LogP contribution >= 0.6 is 11.6 Å². The Morgan fingerprint density at radius 2 is 1.38 bits per heavy atom. The molecule has 0 saturated carbocycles. The van der Waals surface area contributed by atoms with E-state index in [1.807, 2.05) is 6.92 Å². The van der Waals surface area contributed by atoms with Crippen molar-refractivity contribution < 1.29 is 18.0 Å². The Morgan fingerprint density at radius 3 is 1.91 bits per heavy atom. The lowest BCUT2D eigenvalue weighted by molar-refractivity contribution is -0.115. The summed E-state index contributed by atoms with van der Waals surface area (Å²) in [6.07, 6.45) is 0. The van der Waals surface area contributed by atoms with E-state index in [9.17, 15) is 18.0 Å². The van der Waals surface area contributed by atoms with Gasteiger partial charge in [0, 0.05) is 23.3 Å². The van der Waals surface area contributed by atoms with Crippen LogP contribution in [0.2, 0.25) is 5.02 Å². The van der Waals surface area contributed by atoms with Gasteiger partial charge in [0.1, 0.15) is 6.54 Å². The SMILES string of the molecule is CC(=O)Nc1ccc(NC(=O)CN(c2ccc(C)cc2)S(=O)(=O)c2ccc(Cl)cc2)cc1. The van der Waals surface area contributed by atoms with Gasteiger partial charge in [0.15, 0.2) is 0 Å². The van der Waals surface area contributed by atoms with E-state index in [0.29, 0.717) is 22.1 Å². The third kappa shape index (κ3) is 5.87. The zero-order valence-electron chi connectivity index (χ0n) is 17.5. The molecule has 0 heterocycles. The topological polar surface area (TPSA) is 95.6 Å². The second-order valence-corrected chi connectivity index (χ2v) is 9.41. The minimum Gasteiger partial charge on any atom is -0.326 e. The third-order valence-corrected chi connectivity index (χ3v) is 6.54. The fourth-order valence-corrected chi connectivity index (χ4v) is 4.48. The average molecular weight is 472 g/mol. The fraction of sp³-hybridized carbons (Fsp3) is 0.130. The van der Waals surface area contributed by atoms with Gasteiger partial charge in [0.05, 0.1) is 10.6 Å². The van der Waals surface area contributed by atoms with E-state index in [1.165, 1.54) is 31.2 Å². The second kappa shape index (κ2) is 9.84. The molecule has 0 aliphatic heterocycles. The number of hydrogen-bond acceptors (Lipinski definition) is 4. The first-order chi connectivity index (χ1) is 15.1. The Balaban J connectivity index is 1.85. The molecule has 2 amide bonds. The molecule has 166 valence electrons. The zero-order valence-corrected chi connectivity index (χ0v) is 19.1. The predicted octanol–water partition coefficient (Wildman–Crippen LogP) is 4.44. The Kier molecular flexibility index (Phi) is 7.17. The number of amides is 2. The molecule has 0 aromatic heterocycles. The zero-order chi connectivity index (χ0) is 23.3. The molecule has 0 unspecified atom stereocenters. The molecule has 0 fully saturated rings. The first-order valence-corrected chi connectivity index (χ1v) is 11.5. The second-order valence-electron chi connectivity index (χ2n) is 7.11. The monoisotopic (exact) mass is 471 g/mol. The number of benzene rings is 3. The maximum Gasteiger partial charge on any atom is 0.264 e. The lowest BCUT2D eigenvalue weighted by Gasteiger charge is -2.24. The van der Waals surface area contributed by atoms with Crippen LogP contribution in [0.3, 0.4) is 0 Å². The van der Waals surface area contributed by atoms with Gasteiger partial charge in [-0.25, -0.2) is 8.42 Å². The number of aryl methyl sites for hydroxylation is 1. The molecule has 3 aromatic rings. The summed E-state index contributed by atoms with van der Waals surface area (Å²) in [6, 6.07) is 19.1. The summed E-state index contributed by atoms with van der Waals surface area (Å²) in [5, 5.41) is 5.73. The molecule has 32 heavy (non-hydrogen) atoms. The van der Waals surface area contributed by atoms with Crippen LogP contribution in [0.4, 0.5) is 17.1 Å². The molecule has 0 saturated heterocycles. The lowest BCUT2D eigenvalue weighted by Crippen LogP contribution is -2.38. The van der Waals surface area contributed by atoms with Gasteiger partial charge >= 0.3 is 0 Å². The molecule has 9 heteroatoms.